The van der Waals surface area contributed by atoms with Gasteiger partial charge >= 0.3 is 0 Å². The smallest absolute Gasteiger partial charge is 0.184 e. The Hall–Kier alpha value is -1.44. The lowest BCUT2D eigenvalue weighted by atomic mass is 9.92. The van der Waals surface area contributed by atoms with Crippen LogP contribution in [0, 0.1) is 6.92 Å². The van der Waals surface area contributed by atoms with E-state index in [9.17, 15) is 0 Å². The molecular weight excluding hydrogens is 174 g/mol. The van der Waals surface area contributed by atoms with Crippen molar-refractivity contribution in [2.24, 2.45) is 0 Å². The molecule has 1 aliphatic rings. The molecule has 0 spiro atoms. The van der Waals surface area contributed by atoms with Crippen LogP contribution in [-0.2, 0) is 10.3 Å². The minimum absolute atomic E-state index is 0.288. The number of ether oxygens (including phenoxy) is 1. The predicted molar refractivity (Wildman–Crippen MR) is 58.1 cm³/mol. The molecule has 0 amide bonds. The van der Waals surface area contributed by atoms with Gasteiger partial charge in [0.2, 0.25) is 0 Å². The molecule has 0 radical (unpaired) electrons. The molecule has 2 nitrogen and oxygen atoms in total. The average molecular weight is 189 g/mol. The molecule has 14 heavy (non-hydrogen) atoms. The lowest BCUT2D eigenvalue weighted by Gasteiger charge is -2.35. The molecule has 74 valence electrons. The van der Waals surface area contributed by atoms with Crippen molar-refractivity contribution in [3.05, 3.63) is 41.8 Å². The third kappa shape index (κ3) is 1.27. The maximum Gasteiger partial charge on any atom is 0.184 e. The Labute approximate surface area is 84.6 Å². The fourth-order valence-corrected chi connectivity index (χ4v) is 1.86. The van der Waals surface area contributed by atoms with E-state index in [1.807, 2.05) is 0 Å². The number of rotatable bonds is 0. The second-order valence-electron chi connectivity index (χ2n) is 4.16. The Morgan fingerprint density at radius 2 is 2.07 bits per heavy atom. The SMILES string of the molecule is C=C1Nc2c(C)cccc2C(C)(C)O1. The number of nitrogens with one attached hydrogen (secondary N) is 1. The van der Waals surface area contributed by atoms with Crippen molar-refractivity contribution in [3.8, 4) is 0 Å². The summed E-state index contributed by atoms with van der Waals surface area (Å²) < 4.78 is 5.65. The number of hydrogen-bond acceptors (Lipinski definition) is 2. The van der Waals surface area contributed by atoms with Crippen molar-refractivity contribution in [2.75, 3.05) is 5.32 Å². The molecule has 1 heterocycles. The van der Waals surface area contributed by atoms with Crippen LogP contribution in [0.4, 0.5) is 5.69 Å². The molecule has 1 aromatic rings. The highest BCUT2D eigenvalue weighted by molar-refractivity contribution is 5.63. The van der Waals surface area contributed by atoms with Crippen LogP contribution in [0.25, 0.3) is 0 Å². The monoisotopic (exact) mass is 189 g/mol. The van der Waals surface area contributed by atoms with Gasteiger partial charge in [-0.1, -0.05) is 18.2 Å². The van der Waals surface area contributed by atoms with E-state index in [2.05, 4.69) is 50.9 Å². The average Bonchev–Trinajstić information content (AvgIpc) is 2.05. The van der Waals surface area contributed by atoms with Gasteiger partial charge in [0.1, 0.15) is 5.60 Å². The highest BCUT2D eigenvalue weighted by Gasteiger charge is 2.31. The highest BCUT2D eigenvalue weighted by Crippen LogP contribution is 2.39. The number of fused-ring (bicyclic) bond motifs is 1. The molecule has 2 heteroatoms. The second kappa shape index (κ2) is 2.77. The predicted octanol–water partition coefficient (Wildman–Crippen LogP) is 3.14. The van der Waals surface area contributed by atoms with Crippen LogP contribution in [0.15, 0.2) is 30.7 Å². The van der Waals surface area contributed by atoms with Crippen LogP contribution < -0.4 is 5.32 Å². The fourth-order valence-electron chi connectivity index (χ4n) is 1.86. The normalized spacial score (nSPS) is 18.1. The zero-order valence-electron chi connectivity index (χ0n) is 8.85. The van der Waals surface area contributed by atoms with Gasteiger partial charge in [0.25, 0.3) is 0 Å². The summed E-state index contributed by atoms with van der Waals surface area (Å²) in [5.74, 6) is 0.622. The van der Waals surface area contributed by atoms with E-state index in [1.165, 1.54) is 11.1 Å². The molecule has 0 bridgehead atoms. The van der Waals surface area contributed by atoms with E-state index < -0.39 is 0 Å². The Kier molecular flexibility index (Phi) is 1.81. The van der Waals surface area contributed by atoms with Crippen LogP contribution in [0.3, 0.4) is 0 Å². The van der Waals surface area contributed by atoms with Gasteiger partial charge in [-0.05, 0) is 32.9 Å². The Bertz CT molecular complexity index is 393. The summed E-state index contributed by atoms with van der Waals surface area (Å²) in [6, 6.07) is 6.22. The first-order valence-corrected chi connectivity index (χ1v) is 4.76. The van der Waals surface area contributed by atoms with Gasteiger partial charge in [0.05, 0.1) is 5.69 Å². The summed E-state index contributed by atoms with van der Waals surface area (Å²) in [4.78, 5) is 0. The van der Waals surface area contributed by atoms with E-state index in [1.54, 1.807) is 0 Å². The number of benzene rings is 1. The van der Waals surface area contributed by atoms with Gasteiger partial charge in [-0.15, -0.1) is 0 Å². The summed E-state index contributed by atoms with van der Waals surface area (Å²) in [6.45, 7) is 10.0. The van der Waals surface area contributed by atoms with Crippen LogP contribution in [-0.4, -0.2) is 0 Å². The van der Waals surface area contributed by atoms with Crippen LogP contribution in [0.2, 0.25) is 0 Å². The van der Waals surface area contributed by atoms with Gasteiger partial charge in [0.15, 0.2) is 5.88 Å². The molecule has 0 atom stereocenters. The second-order valence-corrected chi connectivity index (χ2v) is 4.16. The number of aryl methyl sites for hydroxylation is 1. The fraction of sp³-hybridized carbons (Fsp3) is 0.333. The van der Waals surface area contributed by atoms with Crippen molar-refractivity contribution < 1.29 is 4.74 Å². The first kappa shape index (κ1) is 9.13. The van der Waals surface area contributed by atoms with E-state index >= 15 is 0 Å². The topological polar surface area (TPSA) is 21.3 Å². The third-order valence-electron chi connectivity index (χ3n) is 2.56. The summed E-state index contributed by atoms with van der Waals surface area (Å²) in [6.07, 6.45) is 0. The third-order valence-corrected chi connectivity index (χ3v) is 2.56. The Morgan fingerprint density at radius 1 is 1.36 bits per heavy atom. The molecule has 1 N–H and O–H groups in total. The summed E-state index contributed by atoms with van der Waals surface area (Å²) in [5.41, 5.74) is 3.25. The standard InChI is InChI=1S/C12H15NO/c1-8-6-5-7-10-11(8)13-9(2)14-12(10,3)4/h5-7,13H,2H2,1,3-4H3. The van der Waals surface area contributed by atoms with E-state index in [0.717, 1.165) is 5.69 Å². The van der Waals surface area contributed by atoms with Crippen molar-refractivity contribution in [1.29, 1.82) is 0 Å². The largest absolute Gasteiger partial charge is 0.469 e. The lowest BCUT2D eigenvalue weighted by Crippen LogP contribution is -2.29. The Morgan fingerprint density at radius 3 is 2.79 bits per heavy atom. The molecular formula is C12H15NO. The van der Waals surface area contributed by atoms with Crippen LogP contribution in [0.5, 0.6) is 0 Å². The minimum Gasteiger partial charge on any atom is -0.469 e. The zero-order valence-corrected chi connectivity index (χ0v) is 8.85. The van der Waals surface area contributed by atoms with E-state index in [0.29, 0.717) is 5.88 Å². The molecule has 0 fully saturated rings. The first-order valence-electron chi connectivity index (χ1n) is 4.76. The minimum atomic E-state index is -0.288. The molecule has 1 aromatic carbocycles. The van der Waals surface area contributed by atoms with Gasteiger partial charge < -0.3 is 10.1 Å². The van der Waals surface area contributed by atoms with Gasteiger partial charge in [0, 0.05) is 5.56 Å². The number of para-hydroxylation sites is 1. The molecule has 0 saturated carbocycles. The van der Waals surface area contributed by atoms with Gasteiger partial charge in [-0.2, -0.15) is 0 Å². The zero-order chi connectivity index (χ0) is 10.3. The lowest BCUT2D eigenvalue weighted by molar-refractivity contribution is 0.0297. The van der Waals surface area contributed by atoms with Crippen molar-refractivity contribution in [3.63, 3.8) is 0 Å². The van der Waals surface area contributed by atoms with Crippen molar-refractivity contribution in [2.45, 2.75) is 26.4 Å². The molecule has 0 aliphatic carbocycles. The number of hydrogen-bond donors (Lipinski definition) is 1. The van der Waals surface area contributed by atoms with Crippen LogP contribution >= 0.6 is 0 Å². The van der Waals surface area contributed by atoms with Gasteiger partial charge in [-0.25, -0.2) is 0 Å². The molecule has 0 saturated heterocycles. The number of anilines is 1. The molecule has 1 aliphatic heterocycles. The van der Waals surface area contributed by atoms with Gasteiger partial charge in [-0.3, -0.25) is 0 Å². The summed E-state index contributed by atoms with van der Waals surface area (Å²) in [7, 11) is 0. The summed E-state index contributed by atoms with van der Waals surface area (Å²) >= 11 is 0. The van der Waals surface area contributed by atoms with Crippen LogP contribution in [0.1, 0.15) is 25.0 Å². The quantitative estimate of drug-likeness (QED) is 0.677. The molecule has 0 unspecified atom stereocenters. The van der Waals surface area contributed by atoms with E-state index in [-0.39, 0.29) is 5.60 Å². The summed E-state index contributed by atoms with van der Waals surface area (Å²) in [5, 5.41) is 3.17. The highest BCUT2D eigenvalue weighted by atomic mass is 16.5. The maximum atomic E-state index is 5.65. The Balaban J connectivity index is 2.63. The molecule has 2 rings (SSSR count). The molecule has 0 aromatic heterocycles. The van der Waals surface area contributed by atoms with Crippen molar-refractivity contribution >= 4 is 5.69 Å². The van der Waals surface area contributed by atoms with Crippen molar-refractivity contribution in [1.82, 2.24) is 0 Å². The van der Waals surface area contributed by atoms with E-state index in [4.69, 9.17) is 4.74 Å². The maximum absolute atomic E-state index is 5.65. The first-order chi connectivity index (χ1) is 6.50.